The Bertz CT molecular complexity index is 728. The van der Waals surface area contributed by atoms with Gasteiger partial charge in [-0.1, -0.05) is 19.4 Å². The molecule has 7 heteroatoms. The number of rotatable bonds is 6. The third-order valence-electron chi connectivity index (χ3n) is 4.43. The van der Waals surface area contributed by atoms with Gasteiger partial charge >= 0.3 is 0 Å². The zero-order valence-corrected chi connectivity index (χ0v) is 15.5. The summed E-state index contributed by atoms with van der Waals surface area (Å²) < 4.78 is 0. The van der Waals surface area contributed by atoms with Crippen molar-refractivity contribution in [1.82, 2.24) is 20.3 Å². The zero-order valence-electron chi connectivity index (χ0n) is 15.5. The molecule has 0 saturated carbocycles. The van der Waals surface area contributed by atoms with Gasteiger partial charge < -0.3 is 15.1 Å². The Morgan fingerprint density at radius 3 is 2.62 bits per heavy atom. The smallest absolute Gasteiger partial charge is 0.270 e. The summed E-state index contributed by atoms with van der Waals surface area (Å²) in [4.78, 5) is 30.1. The molecule has 1 N–H and O–H groups in total. The lowest BCUT2D eigenvalue weighted by Crippen LogP contribution is -2.47. The van der Waals surface area contributed by atoms with Crippen molar-refractivity contribution in [3.63, 3.8) is 0 Å². The van der Waals surface area contributed by atoms with Crippen LogP contribution in [0.15, 0.2) is 30.5 Å². The summed E-state index contributed by atoms with van der Waals surface area (Å²) in [6, 6.07) is 7.70. The molecule has 138 valence electrons. The third kappa shape index (κ3) is 4.47. The predicted octanol–water partition coefficient (Wildman–Crippen LogP) is 2.04. The average Bonchev–Trinajstić information content (AvgIpc) is 2.68. The van der Waals surface area contributed by atoms with E-state index in [2.05, 4.69) is 37.0 Å². The number of aromatic nitrogens is 3. The molecule has 26 heavy (non-hydrogen) atoms. The van der Waals surface area contributed by atoms with E-state index in [9.17, 15) is 4.79 Å². The average molecular weight is 354 g/mol. The molecule has 2 aromatic heterocycles. The van der Waals surface area contributed by atoms with Crippen LogP contribution in [0.3, 0.4) is 0 Å². The van der Waals surface area contributed by atoms with E-state index in [0.29, 0.717) is 18.2 Å². The molecule has 0 aromatic carbocycles. The highest BCUT2D eigenvalue weighted by Gasteiger charge is 2.21. The first-order valence-corrected chi connectivity index (χ1v) is 9.22. The Morgan fingerprint density at radius 2 is 1.92 bits per heavy atom. The third-order valence-corrected chi connectivity index (χ3v) is 4.43. The summed E-state index contributed by atoms with van der Waals surface area (Å²) in [5, 5.41) is 2.92. The van der Waals surface area contributed by atoms with Gasteiger partial charge in [-0.3, -0.25) is 4.79 Å². The lowest BCUT2D eigenvalue weighted by atomic mass is 10.3. The van der Waals surface area contributed by atoms with E-state index >= 15 is 0 Å². The summed E-state index contributed by atoms with van der Waals surface area (Å²) in [5.74, 6) is 1.50. The van der Waals surface area contributed by atoms with E-state index in [0.717, 1.165) is 50.5 Å². The number of aryl methyl sites for hydroxylation is 1. The number of amides is 1. The second-order valence-corrected chi connectivity index (χ2v) is 6.47. The van der Waals surface area contributed by atoms with Gasteiger partial charge in [0.05, 0.1) is 0 Å². The molecule has 1 saturated heterocycles. The molecule has 0 bridgehead atoms. The van der Waals surface area contributed by atoms with Crippen molar-refractivity contribution in [2.24, 2.45) is 0 Å². The van der Waals surface area contributed by atoms with Crippen LogP contribution in [-0.2, 0) is 0 Å². The number of anilines is 2. The van der Waals surface area contributed by atoms with Crippen LogP contribution >= 0.6 is 0 Å². The van der Waals surface area contributed by atoms with E-state index in [-0.39, 0.29) is 5.91 Å². The minimum atomic E-state index is -0.127. The second-order valence-electron chi connectivity index (χ2n) is 6.47. The standard InChI is InChI=1S/C19H26N6O/c1-3-4-8-21-18(26)16-14-15(2)22-19(23-16)25-12-10-24(11-13-25)17-7-5-6-9-20-17/h5-7,9,14H,3-4,8,10-13H2,1-2H3,(H,21,26). The van der Waals surface area contributed by atoms with Gasteiger partial charge in [0.15, 0.2) is 0 Å². The number of unbranched alkanes of at least 4 members (excludes halogenated alkanes) is 1. The van der Waals surface area contributed by atoms with E-state index in [1.807, 2.05) is 31.3 Å². The number of piperazine rings is 1. The lowest BCUT2D eigenvalue weighted by Gasteiger charge is -2.35. The fourth-order valence-electron chi connectivity index (χ4n) is 2.96. The van der Waals surface area contributed by atoms with Crippen LogP contribution < -0.4 is 15.1 Å². The Kier molecular flexibility index (Phi) is 5.99. The van der Waals surface area contributed by atoms with Gasteiger partial charge in [0.25, 0.3) is 5.91 Å². The molecule has 2 aromatic rings. The van der Waals surface area contributed by atoms with Crippen LogP contribution in [0.2, 0.25) is 0 Å². The molecule has 0 spiro atoms. The summed E-state index contributed by atoms with van der Waals surface area (Å²) in [6.45, 7) is 7.99. The Hall–Kier alpha value is -2.70. The van der Waals surface area contributed by atoms with Crippen LogP contribution in [0.25, 0.3) is 0 Å². The van der Waals surface area contributed by atoms with E-state index in [4.69, 9.17) is 0 Å². The first kappa shape index (κ1) is 18.1. The normalized spacial score (nSPS) is 14.4. The Balaban J connectivity index is 1.65. The maximum absolute atomic E-state index is 12.3. The minimum absolute atomic E-state index is 0.127. The summed E-state index contributed by atoms with van der Waals surface area (Å²) in [6.07, 6.45) is 3.84. The van der Waals surface area contributed by atoms with Gasteiger partial charge in [0, 0.05) is 44.6 Å². The van der Waals surface area contributed by atoms with Crippen molar-refractivity contribution >= 4 is 17.7 Å². The van der Waals surface area contributed by atoms with Crippen LogP contribution in [0.5, 0.6) is 0 Å². The first-order chi connectivity index (χ1) is 12.7. The van der Waals surface area contributed by atoms with Crippen molar-refractivity contribution < 1.29 is 4.79 Å². The number of carbonyl (C=O) groups excluding carboxylic acids is 1. The van der Waals surface area contributed by atoms with Crippen molar-refractivity contribution in [3.8, 4) is 0 Å². The number of carbonyl (C=O) groups is 1. The quantitative estimate of drug-likeness (QED) is 0.800. The monoisotopic (exact) mass is 354 g/mol. The molecule has 7 nitrogen and oxygen atoms in total. The molecule has 0 atom stereocenters. The summed E-state index contributed by atoms with van der Waals surface area (Å²) in [7, 11) is 0. The van der Waals surface area contributed by atoms with E-state index < -0.39 is 0 Å². The van der Waals surface area contributed by atoms with Crippen molar-refractivity contribution in [3.05, 3.63) is 41.9 Å². The van der Waals surface area contributed by atoms with E-state index in [1.54, 1.807) is 6.07 Å². The highest BCUT2D eigenvalue weighted by Crippen LogP contribution is 2.17. The number of hydrogen-bond acceptors (Lipinski definition) is 6. The molecule has 1 aliphatic heterocycles. The van der Waals surface area contributed by atoms with Gasteiger partial charge in [-0.05, 0) is 31.5 Å². The fourth-order valence-corrected chi connectivity index (χ4v) is 2.96. The van der Waals surface area contributed by atoms with Crippen LogP contribution in [-0.4, -0.2) is 53.6 Å². The number of pyridine rings is 1. The zero-order chi connectivity index (χ0) is 18.4. The predicted molar refractivity (Wildman–Crippen MR) is 103 cm³/mol. The molecule has 0 radical (unpaired) electrons. The SMILES string of the molecule is CCCCNC(=O)c1cc(C)nc(N2CCN(c3ccccn3)CC2)n1. The molecular weight excluding hydrogens is 328 g/mol. The topological polar surface area (TPSA) is 74.2 Å². The number of nitrogens with zero attached hydrogens (tertiary/aromatic N) is 5. The molecule has 3 heterocycles. The van der Waals surface area contributed by atoms with Gasteiger partial charge in [0.1, 0.15) is 11.5 Å². The largest absolute Gasteiger partial charge is 0.353 e. The maximum Gasteiger partial charge on any atom is 0.270 e. The van der Waals surface area contributed by atoms with Crippen molar-refractivity contribution in [2.45, 2.75) is 26.7 Å². The summed E-state index contributed by atoms with van der Waals surface area (Å²) >= 11 is 0. The number of hydrogen-bond donors (Lipinski definition) is 1. The van der Waals surface area contributed by atoms with Gasteiger partial charge in [-0.2, -0.15) is 0 Å². The second kappa shape index (κ2) is 8.60. The molecular formula is C19H26N6O. The van der Waals surface area contributed by atoms with Gasteiger partial charge in [0.2, 0.25) is 5.95 Å². The number of nitrogens with one attached hydrogen (secondary N) is 1. The highest BCUT2D eigenvalue weighted by molar-refractivity contribution is 5.92. The molecule has 1 aliphatic rings. The van der Waals surface area contributed by atoms with Crippen molar-refractivity contribution in [1.29, 1.82) is 0 Å². The van der Waals surface area contributed by atoms with Crippen LogP contribution in [0.4, 0.5) is 11.8 Å². The van der Waals surface area contributed by atoms with E-state index in [1.165, 1.54) is 0 Å². The van der Waals surface area contributed by atoms with Crippen LogP contribution in [0.1, 0.15) is 35.9 Å². The molecule has 1 amide bonds. The highest BCUT2D eigenvalue weighted by atomic mass is 16.1. The van der Waals surface area contributed by atoms with Gasteiger partial charge in [-0.25, -0.2) is 15.0 Å². The van der Waals surface area contributed by atoms with Crippen LogP contribution in [0, 0.1) is 6.92 Å². The Morgan fingerprint density at radius 1 is 1.15 bits per heavy atom. The molecule has 0 unspecified atom stereocenters. The molecule has 0 aliphatic carbocycles. The maximum atomic E-state index is 12.3. The summed E-state index contributed by atoms with van der Waals surface area (Å²) in [5.41, 5.74) is 1.25. The minimum Gasteiger partial charge on any atom is -0.353 e. The van der Waals surface area contributed by atoms with Gasteiger partial charge in [-0.15, -0.1) is 0 Å². The molecule has 1 fully saturated rings. The fraction of sp³-hybridized carbons (Fsp3) is 0.474. The Labute approximate surface area is 154 Å². The van der Waals surface area contributed by atoms with Crippen molar-refractivity contribution in [2.75, 3.05) is 42.5 Å². The first-order valence-electron chi connectivity index (χ1n) is 9.22. The molecule has 3 rings (SSSR count). The lowest BCUT2D eigenvalue weighted by molar-refractivity contribution is 0.0948.